The van der Waals surface area contributed by atoms with Crippen LogP contribution in [0.15, 0.2) is 53.6 Å². The van der Waals surface area contributed by atoms with Crippen molar-refractivity contribution in [2.75, 3.05) is 12.4 Å². The van der Waals surface area contributed by atoms with Crippen LogP contribution in [-0.4, -0.2) is 24.8 Å². The first kappa shape index (κ1) is 18.5. The predicted octanol–water partition coefficient (Wildman–Crippen LogP) is 3.73. The van der Waals surface area contributed by atoms with E-state index in [1.807, 2.05) is 69.3 Å². The molecule has 0 unspecified atom stereocenters. The number of nitrogens with zero attached hydrogens (tertiary/aromatic N) is 1. The molecule has 0 spiro atoms. The molecule has 1 atom stereocenters. The lowest BCUT2D eigenvalue weighted by atomic mass is 10.1. The zero-order valence-corrected chi connectivity index (χ0v) is 15.2. The predicted molar refractivity (Wildman–Crippen MR) is 102 cm³/mol. The molecule has 0 heterocycles. The number of amides is 1. The number of aryl methyl sites for hydroxylation is 1. The summed E-state index contributed by atoms with van der Waals surface area (Å²) < 4.78 is 5.14. The summed E-state index contributed by atoms with van der Waals surface area (Å²) in [6.45, 7) is 5.87. The Labute approximate surface area is 149 Å². The summed E-state index contributed by atoms with van der Waals surface area (Å²) in [4.78, 5) is 12.4. The first-order chi connectivity index (χ1) is 12.0. The minimum Gasteiger partial charge on any atom is -0.497 e. The van der Waals surface area contributed by atoms with Crippen LogP contribution >= 0.6 is 0 Å². The highest BCUT2D eigenvalue weighted by molar-refractivity contribution is 5.99. The van der Waals surface area contributed by atoms with Crippen LogP contribution in [0.1, 0.15) is 31.4 Å². The van der Waals surface area contributed by atoms with Crippen molar-refractivity contribution < 1.29 is 9.53 Å². The van der Waals surface area contributed by atoms with Crippen molar-refractivity contribution in [3.8, 4) is 5.75 Å². The van der Waals surface area contributed by atoms with Crippen LogP contribution in [0.5, 0.6) is 5.75 Å². The Hall–Kier alpha value is -2.82. The summed E-state index contributed by atoms with van der Waals surface area (Å²) in [5.41, 5.74) is 6.46. The molecule has 0 saturated carbocycles. The quantitative estimate of drug-likeness (QED) is 0.597. The van der Waals surface area contributed by atoms with E-state index in [-0.39, 0.29) is 11.9 Å². The Kier molecular flexibility index (Phi) is 6.57. The summed E-state index contributed by atoms with van der Waals surface area (Å²) in [5.74, 6) is 0.617. The van der Waals surface area contributed by atoms with Crippen LogP contribution in [-0.2, 0) is 4.79 Å². The second-order valence-corrected chi connectivity index (χ2v) is 5.87. The van der Waals surface area contributed by atoms with E-state index in [4.69, 9.17) is 4.74 Å². The highest BCUT2D eigenvalue weighted by Gasteiger charge is 2.15. The van der Waals surface area contributed by atoms with Crippen molar-refractivity contribution >= 4 is 17.3 Å². The molecule has 1 amide bonds. The topological polar surface area (TPSA) is 62.7 Å². The molecule has 0 bridgehead atoms. The zero-order valence-electron chi connectivity index (χ0n) is 15.2. The standard InChI is InChI=1S/C20H25N3O2/c1-5-19(21-17-10-12-18(25-4)13-11-17)20(24)23-22-15(3)16-8-6-14(2)7-9-16/h6-13,19,21H,5H2,1-4H3,(H,23,24)/b22-15+/t19-/m1/s1. The Bertz CT molecular complexity index is 722. The molecule has 2 N–H and O–H groups in total. The number of rotatable bonds is 7. The van der Waals surface area contributed by atoms with Crippen molar-refractivity contribution in [2.24, 2.45) is 5.10 Å². The molecule has 0 radical (unpaired) electrons. The molecule has 0 aliphatic heterocycles. The number of carbonyl (C=O) groups is 1. The number of methoxy groups -OCH3 is 1. The fraction of sp³-hybridized carbons (Fsp3) is 0.300. The van der Waals surface area contributed by atoms with Crippen LogP contribution in [0.3, 0.4) is 0 Å². The third kappa shape index (κ3) is 5.35. The minimum atomic E-state index is -0.358. The van der Waals surface area contributed by atoms with Gasteiger partial charge in [-0.1, -0.05) is 36.8 Å². The molecule has 5 heteroatoms. The first-order valence-corrected chi connectivity index (χ1v) is 8.35. The molecule has 2 aromatic carbocycles. The molecule has 0 aromatic heterocycles. The average Bonchev–Trinajstić information content (AvgIpc) is 2.65. The van der Waals surface area contributed by atoms with Crippen molar-refractivity contribution in [1.29, 1.82) is 0 Å². The number of hydrazone groups is 1. The van der Waals surface area contributed by atoms with Gasteiger partial charge in [-0.3, -0.25) is 4.79 Å². The molecule has 25 heavy (non-hydrogen) atoms. The lowest BCUT2D eigenvalue weighted by molar-refractivity contribution is -0.121. The van der Waals surface area contributed by atoms with Crippen LogP contribution in [0.4, 0.5) is 5.69 Å². The molecule has 0 aliphatic carbocycles. The van der Waals surface area contributed by atoms with E-state index in [1.54, 1.807) is 7.11 Å². The van der Waals surface area contributed by atoms with E-state index in [9.17, 15) is 4.79 Å². The van der Waals surface area contributed by atoms with Crippen molar-refractivity contribution in [3.63, 3.8) is 0 Å². The van der Waals surface area contributed by atoms with Gasteiger partial charge in [0.2, 0.25) is 0 Å². The molecule has 0 saturated heterocycles. The van der Waals surface area contributed by atoms with Gasteiger partial charge in [-0.15, -0.1) is 0 Å². The smallest absolute Gasteiger partial charge is 0.262 e. The molecule has 2 aromatic rings. The van der Waals surface area contributed by atoms with E-state index < -0.39 is 0 Å². The van der Waals surface area contributed by atoms with Gasteiger partial charge in [-0.05, 0) is 50.1 Å². The van der Waals surface area contributed by atoms with Gasteiger partial charge in [-0.2, -0.15) is 5.10 Å². The molecule has 0 aliphatic rings. The number of carbonyl (C=O) groups excluding carboxylic acids is 1. The maximum atomic E-state index is 12.4. The van der Waals surface area contributed by atoms with E-state index in [0.717, 1.165) is 22.7 Å². The van der Waals surface area contributed by atoms with Gasteiger partial charge < -0.3 is 10.1 Å². The lowest BCUT2D eigenvalue weighted by Gasteiger charge is -2.17. The summed E-state index contributed by atoms with van der Waals surface area (Å²) in [6.07, 6.45) is 0.650. The summed E-state index contributed by atoms with van der Waals surface area (Å²) in [5, 5.41) is 7.43. The third-order valence-corrected chi connectivity index (χ3v) is 3.96. The SMILES string of the molecule is CC[C@@H](Nc1ccc(OC)cc1)C(=O)N/N=C(\C)c1ccc(C)cc1. The van der Waals surface area contributed by atoms with Crippen LogP contribution in [0, 0.1) is 6.92 Å². The van der Waals surface area contributed by atoms with Gasteiger partial charge in [0.25, 0.3) is 5.91 Å². The lowest BCUT2D eigenvalue weighted by Crippen LogP contribution is -2.37. The van der Waals surface area contributed by atoms with E-state index in [1.165, 1.54) is 5.56 Å². The maximum absolute atomic E-state index is 12.4. The number of nitrogens with one attached hydrogen (secondary N) is 2. The largest absolute Gasteiger partial charge is 0.497 e. The molecule has 5 nitrogen and oxygen atoms in total. The van der Waals surface area contributed by atoms with Crippen LogP contribution in [0.2, 0.25) is 0 Å². The van der Waals surface area contributed by atoms with Gasteiger partial charge in [-0.25, -0.2) is 5.43 Å². The summed E-state index contributed by atoms with van der Waals surface area (Å²) in [7, 11) is 1.62. The highest BCUT2D eigenvalue weighted by atomic mass is 16.5. The van der Waals surface area contributed by atoms with Gasteiger partial charge in [0, 0.05) is 5.69 Å². The fourth-order valence-electron chi connectivity index (χ4n) is 2.32. The van der Waals surface area contributed by atoms with Gasteiger partial charge in [0.05, 0.1) is 12.8 Å². The molecule has 132 valence electrons. The van der Waals surface area contributed by atoms with Crippen molar-refractivity contribution in [3.05, 3.63) is 59.7 Å². The zero-order chi connectivity index (χ0) is 18.2. The molecular weight excluding hydrogens is 314 g/mol. The van der Waals surface area contributed by atoms with Gasteiger partial charge in [0.15, 0.2) is 0 Å². The Morgan fingerprint density at radius 2 is 1.76 bits per heavy atom. The Morgan fingerprint density at radius 3 is 2.32 bits per heavy atom. The van der Waals surface area contributed by atoms with E-state index >= 15 is 0 Å². The Balaban J connectivity index is 1.98. The van der Waals surface area contributed by atoms with Crippen LogP contribution in [0.25, 0.3) is 0 Å². The van der Waals surface area contributed by atoms with Crippen molar-refractivity contribution in [1.82, 2.24) is 5.43 Å². The van der Waals surface area contributed by atoms with Gasteiger partial charge in [0.1, 0.15) is 11.8 Å². The number of ether oxygens (including phenoxy) is 1. The molecular formula is C20H25N3O2. The average molecular weight is 339 g/mol. The van der Waals surface area contributed by atoms with E-state index in [0.29, 0.717) is 6.42 Å². The molecule has 2 rings (SSSR count). The summed E-state index contributed by atoms with van der Waals surface area (Å²) >= 11 is 0. The third-order valence-electron chi connectivity index (χ3n) is 3.96. The molecule has 0 fully saturated rings. The second kappa shape index (κ2) is 8.87. The minimum absolute atomic E-state index is 0.162. The normalized spacial score (nSPS) is 12.4. The number of hydrogen-bond donors (Lipinski definition) is 2. The highest BCUT2D eigenvalue weighted by Crippen LogP contribution is 2.16. The Morgan fingerprint density at radius 1 is 1.12 bits per heavy atom. The van der Waals surface area contributed by atoms with Crippen molar-refractivity contribution in [2.45, 2.75) is 33.2 Å². The maximum Gasteiger partial charge on any atom is 0.262 e. The summed E-state index contributed by atoms with van der Waals surface area (Å²) in [6, 6.07) is 15.2. The second-order valence-electron chi connectivity index (χ2n) is 5.87. The number of hydrogen-bond acceptors (Lipinski definition) is 4. The fourth-order valence-corrected chi connectivity index (χ4v) is 2.32. The van der Waals surface area contributed by atoms with E-state index in [2.05, 4.69) is 15.8 Å². The number of benzene rings is 2. The first-order valence-electron chi connectivity index (χ1n) is 8.35. The van der Waals surface area contributed by atoms with Crippen LogP contribution < -0.4 is 15.5 Å². The number of anilines is 1. The van der Waals surface area contributed by atoms with Gasteiger partial charge >= 0.3 is 0 Å². The monoisotopic (exact) mass is 339 g/mol.